The van der Waals surface area contributed by atoms with Gasteiger partial charge in [0.15, 0.2) is 4.77 Å². The first-order valence-electron chi connectivity index (χ1n) is 5.68. The van der Waals surface area contributed by atoms with Gasteiger partial charge in [-0.15, -0.1) is 0 Å². The van der Waals surface area contributed by atoms with Gasteiger partial charge in [0, 0.05) is 6.21 Å². The minimum atomic E-state index is -0.563. The molecule has 21 heavy (non-hydrogen) atoms. The Labute approximate surface area is 125 Å². The molecule has 0 saturated heterocycles. The van der Waals surface area contributed by atoms with Crippen LogP contribution in [0.5, 0.6) is 5.88 Å². The zero-order chi connectivity index (χ0) is 15.0. The molecule has 0 fully saturated rings. The molecule has 2 heterocycles. The Balaban J connectivity index is 2.02. The number of halogens is 1. The summed E-state index contributed by atoms with van der Waals surface area (Å²) in [4.78, 5) is 24.6. The van der Waals surface area contributed by atoms with Crippen molar-refractivity contribution in [3.63, 3.8) is 0 Å². The summed E-state index contributed by atoms with van der Waals surface area (Å²) in [6.07, 6.45) is 1.17. The van der Waals surface area contributed by atoms with Crippen LogP contribution >= 0.6 is 23.6 Å². The molecule has 3 rings (SSSR count). The number of aliphatic imine (C=N–C) groups is 1. The molecule has 0 radical (unpaired) electrons. The SMILES string of the molecule is O=c1[nH]c(=S)[nH]c(O)c1C=Nc1nc2ccc(F)cc2s1. The van der Waals surface area contributed by atoms with E-state index in [1.807, 2.05) is 0 Å². The summed E-state index contributed by atoms with van der Waals surface area (Å²) in [5.74, 6) is -0.731. The average Bonchev–Trinajstić information content (AvgIpc) is 2.79. The summed E-state index contributed by atoms with van der Waals surface area (Å²) in [6, 6.07) is 4.21. The molecule has 0 atom stereocenters. The highest BCUT2D eigenvalue weighted by atomic mass is 32.1. The van der Waals surface area contributed by atoms with Gasteiger partial charge in [0.2, 0.25) is 11.0 Å². The minimum Gasteiger partial charge on any atom is -0.494 e. The molecule has 3 aromatic rings. The van der Waals surface area contributed by atoms with Gasteiger partial charge in [0.25, 0.3) is 5.56 Å². The molecule has 1 aromatic carbocycles. The molecular weight excluding hydrogens is 315 g/mol. The van der Waals surface area contributed by atoms with E-state index in [1.54, 1.807) is 6.07 Å². The van der Waals surface area contributed by atoms with Crippen molar-refractivity contribution in [3.05, 3.63) is 44.7 Å². The summed E-state index contributed by atoms with van der Waals surface area (Å²) >= 11 is 5.89. The highest BCUT2D eigenvalue weighted by Crippen LogP contribution is 2.28. The molecule has 0 aliphatic rings. The quantitative estimate of drug-likeness (QED) is 0.499. The van der Waals surface area contributed by atoms with Crippen LogP contribution in [-0.4, -0.2) is 26.3 Å². The monoisotopic (exact) mass is 322 g/mol. The average molecular weight is 322 g/mol. The second-order valence-corrected chi connectivity index (χ2v) is 5.45. The normalized spacial score (nSPS) is 11.5. The Morgan fingerprint density at radius 3 is 3.00 bits per heavy atom. The number of benzene rings is 1. The van der Waals surface area contributed by atoms with Crippen LogP contribution in [0.2, 0.25) is 0 Å². The Morgan fingerprint density at radius 2 is 2.24 bits per heavy atom. The van der Waals surface area contributed by atoms with Crippen molar-refractivity contribution in [2.75, 3.05) is 0 Å². The van der Waals surface area contributed by atoms with Crippen LogP contribution in [0.1, 0.15) is 5.56 Å². The number of aromatic amines is 2. The van der Waals surface area contributed by atoms with Crippen LogP contribution < -0.4 is 5.56 Å². The van der Waals surface area contributed by atoms with E-state index >= 15 is 0 Å². The van der Waals surface area contributed by atoms with Crippen LogP contribution in [0.3, 0.4) is 0 Å². The lowest BCUT2D eigenvalue weighted by molar-refractivity contribution is 0.449. The highest BCUT2D eigenvalue weighted by molar-refractivity contribution is 7.71. The topological polar surface area (TPSA) is 94.1 Å². The second-order valence-electron chi connectivity index (χ2n) is 4.04. The molecule has 0 bridgehead atoms. The predicted octanol–water partition coefficient (Wildman–Crippen LogP) is 2.64. The Kier molecular flexibility index (Phi) is 3.35. The van der Waals surface area contributed by atoms with Gasteiger partial charge in [-0.3, -0.25) is 9.78 Å². The number of aromatic nitrogens is 3. The number of hydrogen-bond acceptors (Lipinski definition) is 6. The molecule has 9 heteroatoms. The van der Waals surface area contributed by atoms with E-state index in [1.165, 1.54) is 29.7 Å². The molecule has 2 aromatic heterocycles. The molecule has 0 spiro atoms. The summed E-state index contributed by atoms with van der Waals surface area (Å²) in [6.45, 7) is 0. The summed E-state index contributed by atoms with van der Waals surface area (Å²) in [5.41, 5.74) is -0.0136. The number of thiazole rings is 1. The van der Waals surface area contributed by atoms with Crippen molar-refractivity contribution in [3.8, 4) is 5.88 Å². The molecule has 0 aliphatic carbocycles. The molecule has 0 unspecified atom stereocenters. The Hall–Kier alpha value is -2.39. The standard InChI is InChI=1S/C12H7FN4O2S2/c13-5-1-2-7-8(3-5)21-12(15-7)14-4-6-9(18)16-11(20)17-10(6)19/h1-4H,(H3,16,17,18,19,20). The van der Waals surface area contributed by atoms with Gasteiger partial charge >= 0.3 is 0 Å². The molecule has 6 nitrogen and oxygen atoms in total. The van der Waals surface area contributed by atoms with Crippen LogP contribution in [0.15, 0.2) is 28.0 Å². The van der Waals surface area contributed by atoms with Gasteiger partial charge in [0.05, 0.1) is 10.2 Å². The lowest BCUT2D eigenvalue weighted by Crippen LogP contribution is -2.13. The fourth-order valence-electron chi connectivity index (χ4n) is 1.67. The molecule has 0 saturated carbocycles. The number of hydrogen-bond donors (Lipinski definition) is 3. The van der Waals surface area contributed by atoms with Crippen molar-refractivity contribution in [2.45, 2.75) is 0 Å². The van der Waals surface area contributed by atoms with Gasteiger partial charge < -0.3 is 10.1 Å². The number of nitrogens with zero attached hydrogens (tertiary/aromatic N) is 2. The lowest BCUT2D eigenvalue weighted by Gasteiger charge is -1.95. The number of aromatic hydroxyl groups is 1. The van der Waals surface area contributed by atoms with Gasteiger partial charge in [-0.2, -0.15) is 0 Å². The molecule has 0 amide bonds. The van der Waals surface area contributed by atoms with Crippen molar-refractivity contribution in [2.24, 2.45) is 4.99 Å². The maximum Gasteiger partial charge on any atom is 0.264 e. The third kappa shape index (κ3) is 2.73. The number of rotatable bonds is 2. The summed E-state index contributed by atoms with van der Waals surface area (Å²) < 4.78 is 13.8. The maximum atomic E-state index is 13.1. The zero-order valence-electron chi connectivity index (χ0n) is 10.3. The lowest BCUT2D eigenvalue weighted by atomic mass is 10.3. The Bertz CT molecular complexity index is 973. The van der Waals surface area contributed by atoms with Crippen molar-refractivity contribution < 1.29 is 9.50 Å². The van der Waals surface area contributed by atoms with E-state index < -0.39 is 5.56 Å². The maximum absolute atomic E-state index is 13.1. The van der Waals surface area contributed by atoms with Crippen molar-refractivity contribution in [1.29, 1.82) is 0 Å². The summed E-state index contributed by atoms with van der Waals surface area (Å²) in [5, 5.41) is 9.97. The van der Waals surface area contributed by atoms with Crippen LogP contribution in [-0.2, 0) is 0 Å². The molecule has 3 N–H and O–H groups in total. The van der Waals surface area contributed by atoms with Crippen LogP contribution in [0.25, 0.3) is 10.2 Å². The third-order valence-corrected chi connectivity index (χ3v) is 3.73. The largest absolute Gasteiger partial charge is 0.494 e. The van der Waals surface area contributed by atoms with Crippen LogP contribution in [0, 0.1) is 10.6 Å². The van der Waals surface area contributed by atoms with E-state index in [9.17, 15) is 14.3 Å². The smallest absolute Gasteiger partial charge is 0.264 e. The first-order chi connectivity index (χ1) is 10.0. The molecular formula is C12H7FN4O2S2. The fourth-order valence-corrected chi connectivity index (χ4v) is 2.69. The third-order valence-electron chi connectivity index (χ3n) is 2.60. The number of nitrogens with one attached hydrogen (secondary N) is 2. The highest BCUT2D eigenvalue weighted by Gasteiger charge is 2.06. The van der Waals surface area contributed by atoms with Crippen molar-refractivity contribution >= 4 is 45.1 Å². The Morgan fingerprint density at radius 1 is 1.43 bits per heavy atom. The fraction of sp³-hybridized carbons (Fsp3) is 0. The molecule has 0 aliphatic heterocycles. The predicted molar refractivity (Wildman–Crippen MR) is 80.7 cm³/mol. The van der Waals surface area contributed by atoms with Gasteiger partial charge in [-0.05, 0) is 30.4 Å². The van der Waals surface area contributed by atoms with Gasteiger partial charge in [-0.25, -0.2) is 14.4 Å². The van der Waals surface area contributed by atoms with Gasteiger partial charge in [0.1, 0.15) is 11.4 Å². The number of H-pyrrole nitrogens is 2. The van der Waals surface area contributed by atoms with Gasteiger partial charge in [-0.1, -0.05) is 11.3 Å². The first kappa shape index (κ1) is 13.6. The van der Waals surface area contributed by atoms with E-state index in [0.29, 0.717) is 15.3 Å². The zero-order valence-corrected chi connectivity index (χ0v) is 11.9. The first-order valence-corrected chi connectivity index (χ1v) is 6.91. The minimum absolute atomic E-state index is 0.0186. The number of fused-ring (bicyclic) bond motifs is 1. The van der Waals surface area contributed by atoms with Crippen molar-refractivity contribution in [1.82, 2.24) is 15.0 Å². The van der Waals surface area contributed by atoms with E-state index in [2.05, 4.69) is 19.9 Å². The second kappa shape index (κ2) is 5.19. The van der Waals surface area contributed by atoms with Crippen LogP contribution in [0.4, 0.5) is 9.52 Å². The van der Waals surface area contributed by atoms with E-state index in [0.717, 1.165) is 0 Å². The summed E-state index contributed by atoms with van der Waals surface area (Å²) in [7, 11) is 0. The molecule has 106 valence electrons. The van der Waals surface area contributed by atoms with E-state index in [4.69, 9.17) is 12.2 Å². The van der Waals surface area contributed by atoms with E-state index in [-0.39, 0.29) is 22.0 Å².